The predicted molar refractivity (Wildman–Crippen MR) is 57.2 cm³/mol. The molecule has 0 saturated carbocycles. The van der Waals surface area contributed by atoms with Gasteiger partial charge in [-0.1, -0.05) is 6.07 Å². The van der Waals surface area contributed by atoms with Crippen LogP contribution in [0.2, 0.25) is 0 Å². The Bertz CT molecular complexity index is 332. The molecule has 2 unspecified atom stereocenters. The molecule has 2 atom stereocenters. The molecular formula is C11H15FN2O. The number of hydrogen-bond acceptors (Lipinski definition) is 3. The summed E-state index contributed by atoms with van der Waals surface area (Å²) in [5, 5.41) is 3.23. The average Bonchev–Trinajstić information content (AvgIpc) is 2.22. The van der Waals surface area contributed by atoms with Crippen LogP contribution in [0.4, 0.5) is 10.1 Å². The SMILES string of the molecule is NC1COCCC1Nc1cccc(F)c1. The third kappa shape index (κ3) is 2.67. The minimum absolute atomic E-state index is 0.0259. The number of nitrogens with two attached hydrogens (primary N) is 1. The lowest BCUT2D eigenvalue weighted by molar-refractivity contribution is 0.0752. The highest BCUT2D eigenvalue weighted by Crippen LogP contribution is 2.15. The fourth-order valence-corrected chi connectivity index (χ4v) is 1.73. The zero-order valence-electron chi connectivity index (χ0n) is 8.45. The number of halogens is 1. The maximum atomic E-state index is 12.9. The van der Waals surface area contributed by atoms with Gasteiger partial charge in [0.15, 0.2) is 0 Å². The fourth-order valence-electron chi connectivity index (χ4n) is 1.73. The second kappa shape index (κ2) is 4.59. The van der Waals surface area contributed by atoms with Crippen LogP contribution in [-0.4, -0.2) is 25.3 Å². The molecule has 1 aromatic carbocycles. The fraction of sp³-hybridized carbons (Fsp3) is 0.455. The number of anilines is 1. The van der Waals surface area contributed by atoms with E-state index in [1.165, 1.54) is 12.1 Å². The molecule has 0 aliphatic carbocycles. The van der Waals surface area contributed by atoms with Gasteiger partial charge in [0.2, 0.25) is 0 Å². The van der Waals surface area contributed by atoms with Crippen molar-refractivity contribution in [1.29, 1.82) is 0 Å². The number of benzene rings is 1. The van der Waals surface area contributed by atoms with E-state index in [1.807, 2.05) is 6.07 Å². The minimum Gasteiger partial charge on any atom is -0.380 e. The van der Waals surface area contributed by atoms with Gasteiger partial charge in [-0.3, -0.25) is 0 Å². The summed E-state index contributed by atoms with van der Waals surface area (Å²) >= 11 is 0. The largest absolute Gasteiger partial charge is 0.380 e. The molecule has 4 heteroatoms. The van der Waals surface area contributed by atoms with Crippen molar-refractivity contribution >= 4 is 5.69 Å². The van der Waals surface area contributed by atoms with Gasteiger partial charge in [-0.15, -0.1) is 0 Å². The Labute approximate surface area is 88.4 Å². The Morgan fingerprint density at radius 3 is 3.07 bits per heavy atom. The summed E-state index contributed by atoms with van der Waals surface area (Å²) in [6.07, 6.45) is 0.859. The molecule has 0 aromatic heterocycles. The number of nitrogens with one attached hydrogen (secondary N) is 1. The first-order chi connectivity index (χ1) is 7.25. The smallest absolute Gasteiger partial charge is 0.125 e. The molecule has 0 radical (unpaired) electrons. The average molecular weight is 210 g/mol. The molecule has 3 nitrogen and oxygen atoms in total. The summed E-state index contributed by atoms with van der Waals surface area (Å²) in [5.41, 5.74) is 6.66. The molecule has 82 valence electrons. The van der Waals surface area contributed by atoms with Crippen LogP contribution >= 0.6 is 0 Å². The molecule has 0 bridgehead atoms. The Balaban J connectivity index is 2.01. The van der Waals surface area contributed by atoms with Crippen LogP contribution in [0.25, 0.3) is 0 Å². The van der Waals surface area contributed by atoms with E-state index in [2.05, 4.69) is 5.32 Å². The van der Waals surface area contributed by atoms with Gasteiger partial charge in [-0.05, 0) is 24.6 Å². The molecule has 15 heavy (non-hydrogen) atoms. The molecule has 0 spiro atoms. The molecule has 1 heterocycles. The summed E-state index contributed by atoms with van der Waals surface area (Å²) in [6, 6.07) is 6.56. The van der Waals surface area contributed by atoms with Crippen LogP contribution in [0, 0.1) is 5.82 Å². The van der Waals surface area contributed by atoms with Gasteiger partial charge in [0.05, 0.1) is 6.61 Å². The van der Waals surface area contributed by atoms with E-state index in [0.29, 0.717) is 13.2 Å². The molecule has 1 aromatic rings. The lowest BCUT2D eigenvalue weighted by Gasteiger charge is -2.30. The van der Waals surface area contributed by atoms with E-state index in [1.54, 1.807) is 6.07 Å². The zero-order valence-corrected chi connectivity index (χ0v) is 8.45. The van der Waals surface area contributed by atoms with Crippen molar-refractivity contribution in [3.8, 4) is 0 Å². The molecule has 1 aliphatic rings. The lowest BCUT2D eigenvalue weighted by Crippen LogP contribution is -2.47. The number of rotatable bonds is 2. The minimum atomic E-state index is -0.236. The van der Waals surface area contributed by atoms with E-state index >= 15 is 0 Å². The molecule has 1 fully saturated rings. The lowest BCUT2D eigenvalue weighted by atomic mass is 10.0. The highest BCUT2D eigenvalue weighted by atomic mass is 19.1. The van der Waals surface area contributed by atoms with Gasteiger partial charge >= 0.3 is 0 Å². The summed E-state index contributed by atoms with van der Waals surface area (Å²) < 4.78 is 18.2. The first kappa shape index (κ1) is 10.4. The van der Waals surface area contributed by atoms with Gasteiger partial charge in [-0.25, -0.2) is 4.39 Å². The molecule has 2 rings (SSSR count). The van der Waals surface area contributed by atoms with Crippen molar-refractivity contribution in [3.63, 3.8) is 0 Å². The van der Waals surface area contributed by atoms with E-state index < -0.39 is 0 Å². The normalized spacial score (nSPS) is 26.3. The van der Waals surface area contributed by atoms with Crippen LogP contribution < -0.4 is 11.1 Å². The second-order valence-electron chi connectivity index (χ2n) is 3.79. The van der Waals surface area contributed by atoms with Gasteiger partial charge in [0, 0.05) is 24.4 Å². The third-order valence-corrected chi connectivity index (χ3v) is 2.58. The van der Waals surface area contributed by atoms with Crippen LogP contribution in [-0.2, 0) is 4.74 Å². The Morgan fingerprint density at radius 2 is 2.33 bits per heavy atom. The van der Waals surface area contributed by atoms with Crippen molar-refractivity contribution in [3.05, 3.63) is 30.1 Å². The Kier molecular flexibility index (Phi) is 3.18. The van der Waals surface area contributed by atoms with Crippen molar-refractivity contribution in [2.24, 2.45) is 5.73 Å². The summed E-state index contributed by atoms with van der Waals surface area (Å²) in [4.78, 5) is 0. The van der Waals surface area contributed by atoms with E-state index in [0.717, 1.165) is 12.1 Å². The summed E-state index contributed by atoms with van der Waals surface area (Å²) in [5.74, 6) is -0.236. The topological polar surface area (TPSA) is 47.3 Å². The van der Waals surface area contributed by atoms with Crippen molar-refractivity contribution in [2.75, 3.05) is 18.5 Å². The predicted octanol–water partition coefficient (Wildman–Crippen LogP) is 1.35. The van der Waals surface area contributed by atoms with E-state index in [-0.39, 0.29) is 17.9 Å². The Morgan fingerprint density at radius 1 is 1.47 bits per heavy atom. The molecule has 1 aliphatic heterocycles. The second-order valence-corrected chi connectivity index (χ2v) is 3.79. The monoisotopic (exact) mass is 210 g/mol. The van der Waals surface area contributed by atoms with E-state index in [4.69, 9.17) is 10.5 Å². The maximum Gasteiger partial charge on any atom is 0.125 e. The third-order valence-electron chi connectivity index (χ3n) is 2.58. The first-order valence-electron chi connectivity index (χ1n) is 5.11. The number of ether oxygens (including phenoxy) is 1. The van der Waals surface area contributed by atoms with Crippen LogP contribution in [0.15, 0.2) is 24.3 Å². The summed E-state index contributed by atoms with van der Waals surface area (Å²) in [7, 11) is 0. The number of hydrogen-bond donors (Lipinski definition) is 2. The van der Waals surface area contributed by atoms with Crippen LogP contribution in [0.5, 0.6) is 0 Å². The Hall–Kier alpha value is -1.13. The standard InChI is InChI=1S/C11H15FN2O/c12-8-2-1-3-9(6-8)14-11-4-5-15-7-10(11)13/h1-3,6,10-11,14H,4-5,7,13H2. The van der Waals surface area contributed by atoms with Crippen molar-refractivity contribution in [1.82, 2.24) is 0 Å². The van der Waals surface area contributed by atoms with Gasteiger partial charge in [0.25, 0.3) is 0 Å². The molecular weight excluding hydrogens is 195 g/mol. The quantitative estimate of drug-likeness (QED) is 0.774. The van der Waals surface area contributed by atoms with E-state index in [9.17, 15) is 4.39 Å². The van der Waals surface area contributed by atoms with Crippen molar-refractivity contribution < 1.29 is 9.13 Å². The van der Waals surface area contributed by atoms with Crippen molar-refractivity contribution in [2.45, 2.75) is 18.5 Å². The maximum absolute atomic E-state index is 12.9. The highest BCUT2D eigenvalue weighted by molar-refractivity contribution is 5.44. The van der Waals surface area contributed by atoms with Crippen LogP contribution in [0.3, 0.4) is 0 Å². The first-order valence-corrected chi connectivity index (χ1v) is 5.11. The van der Waals surface area contributed by atoms with Gasteiger partial charge < -0.3 is 15.8 Å². The van der Waals surface area contributed by atoms with Gasteiger partial charge in [0.1, 0.15) is 5.82 Å². The molecule has 1 saturated heterocycles. The molecule has 3 N–H and O–H groups in total. The molecule has 0 amide bonds. The summed E-state index contributed by atoms with van der Waals surface area (Å²) in [6.45, 7) is 1.27. The van der Waals surface area contributed by atoms with Gasteiger partial charge in [-0.2, -0.15) is 0 Å². The van der Waals surface area contributed by atoms with Crippen LogP contribution in [0.1, 0.15) is 6.42 Å². The zero-order chi connectivity index (χ0) is 10.7. The highest BCUT2D eigenvalue weighted by Gasteiger charge is 2.21.